The van der Waals surface area contributed by atoms with Crippen molar-refractivity contribution in [2.24, 2.45) is 7.05 Å². The largest absolute Gasteiger partial charge is 0.347 e. The van der Waals surface area contributed by atoms with Crippen LogP contribution in [0.3, 0.4) is 0 Å². The van der Waals surface area contributed by atoms with E-state index in [0.717, 1.165) is 19.0 Å². The van der Waals surface area contributed by atoms with E-state index in [2.05, 4.69) is 15.3 Å². The fourth-order valence-corrected chi connectivity index (χ4v) is 3.93. The second-order valence-electron chi connectivity index (χ2n) is 6.79. The summed E-state index contributed by atoms with van der Waals surface area (Å²) in [7, 11) is 1.81. The Labute approximate surface area is 133 Å². The first-order chi connectivity index (χ1) is 10.7. The molecule has 1 saturated heterocycles. The summed E-state index contributed by atoms with van der Waals surface area (Å²) in [6.07, 6.45) is 12.1. The summed E-state index contributed by atoms with van der Waals surface area (Å²) < 4.78 is 1.64. The SMILES string of the molecule is Cn1nccc1C(=O)NC1CCCN(C2CCCCCC2)C1. The molecule has 1 aliphatic heterocycles. The van der Waals surface area contributed by atoms with Gasteiger partial charge in [-0.1, -0.05) is 25.7 Å². The number of hydrogen-bond acceptors (Lipinski definition) is 3. The van der Waals surface area contributed by atoms with Gasteiger partial charge in [-0.3, -0.25) is 14.4 Å². The molecule has 1 aromatic heterocycles. The van der Waals surface area contributed by atoms with Crippen molar-refractivity contribution in [2.45, 2.75) is 63.5 Å². The monoisotopic (exact) mass is 304 g/mol. The van der Waals surface area contributed by atoms with Crippen LogP contribution in [0.5, 0.6) is 0 Å². The maximum Gasteiger partial charge on any atom is 0.269 e. The number of rotatable bonds is 3. The lowest BCUT2D eigenvalue weighted by atomic mass is 10.00. The van der Waals surface area contributed by atoms with Crippen LogP contribution in [-0.4, -0.2) is 45.8 Å². The number of carbonyl (C=O) groups excluding carboxylic acids is 1. The summed E-state index contributed by atoms with van der Waals surface area (Å²) >= 11 is 0. The number of piperidine rings is 1. The van der Waals surface area contributed by atoms with Crippen molar-refractivity contribution < 1.29 is 4.79 Å². The minimum atomic E-state index is 0.00714. The standard InChI is InChI=1S/C17H28N4O/c1-20-16(10-11-18-20)17(22)19-14-7-6-12-21(13-14)15-8-4-2-3-5-9-15/h10-11,14-15H,2-9,12-13H2,1H3,(H,19,22). The maximum absolute atomic E-state index is 12.3. The fourth-order valence-electron chi connectivity index (χ4n) is 3.93. The minimum Gasteiger partial charge on any atom is -0.347 e. The molecule has 5 nitrogen and oxygen atoms in total. The Morgan fingerprint density at radius 3 is 2.64 bits per heavy atom. The Kier molecular flexibility index (Phi) is 5.13. The van der Waals surface area contributed by atoms with Gasteiger partial charge in [-0.15, -0.1) is 0 Å². The molecule has 1 amide bonds. The lowest BCUT2D eigenvalue weighted by molar-refractivity contribution is 0.0852. The van der Waals surface area contributed by atoms with Gasteiger partial charge in [0.05, 0.1) is 0 Å². The van der Waals surface area contributed by atoms with E-state index in [1.165, 1.54) is 51.5 Å². The van der Waals surface area contributed by atoms with Crippen molar-refractivity contribution in [3.05, 3.63) is 18.0 Å². The molecule has 1 saturated carbocycles. The van der Waals surface area contributed by atoms with Gasteiger partial charge in [-0.25, -0.2) is 0 Å². The van der Waals surface area contributed by atoms with Gasteiger partial charge in [-0.05, 0) is 38.3 Å². The molecule has 5 heteroatoms. The van der Waals surface area contributed by atoms with Crippen molar-refractivity contribution in [3.8, 4) is 0 Å². The molecule has 2 heterocycles. The highest BCUT2D eigenvalue weighted by atomic mass is 16.2. The van der Waals surface area contributed by atoms with Crippen LogP contribution in [0.2, 0.25) is 0 Å². The van der Waals surface area contributed by atoms with Gasteiger partial charge in [0.2, 0.25) is 0 Å². The predicted molar refractivity (Wildman–Crippen MR) is 86.8 cm³/mol. The first-order valence-electron chi connectivity index (χ1n) is 8.77. The summed E-state index contributed by atoms with van der Waals surface area (Å²) in [5.41, 5.74) is 0.645. The van der Waals surface area contributed by atoms with E-state index in [9.17, 15) is 4.79 Å². The number of hydrogen-bond donors (Lipinski definition) is 1. The molecule has 1 unspecified atom stereocenters. The van der Waals surface area contributed by atoms with E-state index in [1.54, 1.807) is 16.9 Å². The number of nitrogens with one attached hydrogen (secondary N) is 1. The van der Waals surface area contributed by atoms with Crippen LogP contribution >= 0.6 is 0 Å². The Morgan fingerprint density at radius 2 is 1.95 bits per heavy atom. The molecule has 1 atom stereocenters. The number of amides is 1. The Hall–Kier alpha value is -1.36. The van der Waals surface area contributed by atoms with Crippen molar-refractivity contribution >= 4 is 5.91 Å². The van der Waals surface area contributed by atoms with Crippen LogP contribution in [0.15, 0.2) is 12.3 Å². The van der Waals surface area contributed by atoms with Crippen LogP contribution in [0.25, 0.3) is 0 Å². The zero-order chi connectivity index (χ0) is 15.4. The van der Waals surface area contributed by atoms with Crippen LogP contribution in [0.1, 0.15) is 61.9 Å². The second kappa shape index (κ2) is 7.27. The molecule has 1 N–H and O–H groups in total. The molecule has 3 rings (SSSR count). The zero-order valence-electron chi connectivity index (χ0n) is 13.6. The van der Waals surface area contributed by atoms with Crippen molar-refractivity contribution in [3.63, 3.8) is 0 Å². The van der Waals surface area contributed by atoms with Crippen LogP contribution < -0.4 is 5.32 Å². The van der Waals surface area contributed by atoms with Gasteiger partial charge in [0.15, 0.2) is 0 Å². The fraction of sp³-hybridized carbons (Fsp3) is 0.765. The molecule has 0 spiro atoms. The van der Waals surface area contributed by atoms with E-state index < -0.39 is 0 Å². The number of carbonyl (C=O) groups is 1. The summed E-state index contributed by atoms with van der Waals surface area (Å²) in [5.74, 6) is 0.00714. The maximum atomic E-state index is 12.3. The normalized spacial score (nSPS) is 24.9. The van der Waals surface area contributed by atoms with E-state index in [0.29, 0.717) is 5.69 Å². The smallest absolute Gasteiger partial charge is 0.269 e. The Bertz CT molecular complexity index is 491. The van der Waals surface area contributed by atoms with Crippen LogP contribution in [0.4, 0.5) is 0 Å². The van der Waals surface area contributed by atoms with Gasteiger partial charge >= 0.3 is 0 Å². The third-order valence-corrected chi connectivity index (χ3v) is 5.18. The summed E-state index contributed by atoms with van der Waals surface area (Å²) in [6.45, 7) is 2.21. The molecule has 1 aromatic rings. The molecular weight excluding hydrogens is 276 g/mol. The first kappa shape index (κ1) is 15.5. The van der Waals surface area contributed by atoms with Crippen LogP contribution in [-0.2, 0) is 7.05 Å². The van der Waals surface area contributed by atoms with Gasteiger partial charge in [-0.2, -0.15) is 5.10 Å². The van der Waals surface area contributed by atoms with E-state index in [1.807, 2.05) is 7.05 Å². The molecule has 0 aromatic carbocycles. The predicted octanol–water partition coefficient (Wildman–Crippen LogP) is 2.34. The van der Waals surface area contributed by atoms with E-state index in [-0.39, 0.29) is 11.9 Å². The average molecular weight is 304 g/mol. The lowest BCUT2D eigenvalue weighted by Crippen LogP contribution is -2.51. The number of nitrogens with zero attached hydrogens (tertiary/aromatic N) is 3. The molecule has 1 aliphatic carbocycles. The van der Waals surface area contributed by atoms with Gasteiger partial charge in [0.1, 0.15) is 5.69 Å². The molecule has 2 aliphatic rings. The quantitative estimate of drug-likeness (QED) is 0.872. The highest BCUT2D eigenvalue weighted by molar-refractivity contribution is 5.92. The van der Waals surface area contributed by atoms with Crippen molar-refractivity contribution in [1.29, 1.82) is 0 Å². The van der Waals surface area contributed by atoms with Gasteiger partial charge in [0.25, 0.3) is 5.91 Å². The Morgan fingerprint density at radius 1 is 1.18 bits per heavy atom. The van der Waals surface area contributed by atoms with E-state index >= 15 is 0 Å². The Balaban J connectivity index is 1.56. The topological polar surface area (TPSA) is 50.2 Å². The molecule has 0 radical (unpaired) electrons. The van der Waals surface area contributed by atoms with Crippen molar-refractivity contribution in [2.75, 3.05) is 13.1 Å². The molecule has 2 fully saturated rings. The van der Waals surface area contributed by atoms with Crippen LogP contribution in [0, 0.1) is 0 Å². The molecular formula is C17H28N4O. The summed E-state index contributed by atoms with van der Waals surface area (Å²) in [4.78, 5) is 15.0. The van der Waals surface area contributed by atoms with Gasteiger partial charge < -0.3 is 5.32 Å². The highest BCUT2D eigenvalue weighted by Gasteiger charge is 2.27. The summed E-state index contributed by atoms with van der Waals surface area (Å²) in [5, 5.41) is 7.28. The number of aryl methyl sites for hydroxylation is 1. The third kappa shape index (κ3) is 3.69. The average Bonchev–Trinajstić information content (AvgIpc) is 2.78. The lowest BCUT2D eigenvalue weighted by Gasteiger charge is -2.38. The minimum absolute atomic E-state index is 0.00714. The number of aromatic nitrogens is 2. The van der Waals surface area contributed by atoms with Crippen molar-refractivity contribution in [1.82, 2.24) is 20.0 Å². The van der Waals surface area contributed by atoms with E-state index in [4.69, 9.17) is 0 Å². The first-order valence-corrected chi connectivity index (χ1v) is 8.77. The molecule has 0 bridgehead atoms. The summed E-state index contributed by atoms with van der Waals surface area (Å²) in [6, 6.07) is 2.79. The molecule has 122 valence electrons. The molecule has 22 heavy (non-hydrogen) atoms. The highest BCUT2D eigenvalue weighted by Crippen LogP contribution is 2.24. The zero-order valence-corrected chi connectivity index (χ0v) is 13.6. The second-order valence-corrected chi connectivity index (χ2v) is 6.79. The van der Waals surface area contributed by atoms with Gasteiger partial charge in [0, 0.05) is 31.9 Å². The third-order valence-electron chi connectivity index (χ3n) is 5.18. The number of likely N-dealkylation sites (tertiary alicyclic amines) is 1.